The average Bonchev–Trinajstić information content (AvgIpc) is 2.37. The first-order valence-corrected chi connectivity index (χ1v) is 7.27. The highest BCUT2D eigenvalue weighted by Gasteiger charge is 2.09. The van der Waals surface area contributed by atoms with Crippen LogP contribution < -0.4 is 5.32 Å². The zero-order chi connectivity index (χ0) is 15.0. The van der Waals surface area contributed by atoms with E-state index in [0.29, 0.717) is 5.69 Å². The lowest BCUT2D eigenvalue weighted by Crippen LogP contribution is -2.04. The molecule has 1 rings (SSSR count). The molecule has 20 heavy (non-hydrogen) atoms. The molecule has 0 unspecified atom stereocenters. The topological polar surface area (TPSA) is 49.3 Å². The Hall–Kier alpha value is -1.58. The molecule has 0 spiro atoms. The fraction of sp³-hybridized carbons (Fsp3) is 0.562. The van der Waals surface area contributed by atoms with E-state index < -0.39 is 11.8 Å². The van der Waals surface area contributed by atoms with Crippen molar-refractivity contribution in [3.63, 3.8) is 0 Å². The Balaban J connectivity index is 2.22. The summed E-state index contributed by atoms with van der Waals surface area (Å²) in [6.07, 6.45) is 5.97. The van der Waals surface area contributed by atoms with E-state index in [1.54, 1.807) is 6.07 Å². The van der Waals surface area contributed by atoms with Crippen LogP contribution in [-0.2, 0) is 0 Å². The molecule has 112 valence electrons. The van der Waals surface area contributed by atoms with Crippen LogP contribution in [0.4, 0.5) is 10.1 Å². The molecule has 2 N–H and O–H groups in total. The first-order valence-electron chi connectivity index (χ1n) is 7.27. The summed E-state index contributed by atoms with van der Waals surface area (Å²) >= 11 is 0. The molecule has 0 aliphatic carbocycles. The van der Waals surface area contributed by atoms with Gasteiger partial charge >= 0.3 is 5.97 Å². The standard InChI is InChI=1S/C16H24FNO2/c1-12(2)7-5-3-4-6-10-18-13-8-9-14(16(19)20)15(17)11-13/h8-9,11-12,18H,3-7,10H2,1-2H3,(H,19,20). The maximum absolute atomic E-state index is 13.4. The first-order chi connectivity index (χ1) is 9.50. The normalized spacial score (nSPS) is 10.8. The maximum Gasteiger partial charge on any atom is 0.338 e. The molecule has 0 amide bonds. The molecule has 1 aromatic carbocycles. The molecule has 0 atom stereocenters. The van der Waals surface area contributed by atoms with Crippen LogP contribution in [0.5, 0.6) is 0 Å². The quantitative estimate of drug-likeness (QED) is 0.653. The summed E-state index contributed by atoms with van der Waals surface area (Å²) in [6.45, 7) is 5.25. The van der Waals surface area contributed by atoms with Gasteiger partial charge in [-0.1, -0.05) is 39.5 Å². The molecule has 0 saturated carbocycles. The van der Waals surface area contributed by atoms with Crippen LogP contribution in [0, 0.1) is 11.7 Å². The number of carboxylic acid groups (broad SMARTS) is 1. The lowest BCUT2D eigenvalue weighted by molar-refractivity contribution is 0.0692. The number of hydrogen-bond donors (Lipinski definition) is 2. The van der Waals surface area contributed by atoms with Crippen molar-refractivity contribution in [3.8, 4) is 0 Å². The number of rotatable bonds is 9. The van der Waals surface area contributed by atoms with Gasteiger partial charge < -0.3 is 10.4 Å². The van der Waals surface area contributed by atoms with Gasteiger partial charge in [0.15, 0.2) is 0 Å². The Morgan fingerprint density at radius 3 is 2.55 bits per heavy atom. The van der Waals surface area contributed by atoms with E-state index in [1.165, 1.54) is 31.4 Å². The summed E-state index contributed by atoms with van der Waals surface area (Å²) in [5.74, 6) is -1.16. The van der Waals surface area contributed by atoms with Crippen molar-refractivity contribution in [2.75, 3.05) is 11.9 Å². The maximum atomic E-state index is 13.4. The Bertz CT molecular complexity index is 432. The third kappa shape index (κ3) is 6.04. The van der Waals surface area contributed by atoms with Crippen molar-refractivity contribution in [3.05, 3.63) is 29.6 Å². The fourth-order valence-electron chi connectivity index (χ4n) is 2.06. The molecule has 0 bridgehead atoms. The lowest BCUT2D eigenvalue weighted by Gasteiger charge is -2.08. The summed E-state index contributed by atoms with van der Waals surface area (Å²) in [5, 5.41) is 11.9. The number of carbonyl (C=O) groups is 1. The summed E-state index contributed by atoms with van der Waals surface area (Å²) in [4.78, 5) is 10.7. The molecule has 1 aromatic rings. The molecule has 4 heteroatoms. The Morgan fingerprint density at radius 2 is 1.95 bits per heavy atom. The summed E-state index contributed by atoms with van der Waals surface area (Å²) < 4.78 is 13.4. The van der Waals surface area contributed by atoms with E-state index in [2.05, 4.69) is 19.2 Å². The van der Waals surface area contributed by atoms with Gasteiger partial charge in [0.2, 0.25) is 0 Å². The monoisotopic (exact) mass is 281 g/mol. The second-order valence-corrected chi connectivity index (χ2v) is 5.52. The van der Waals surface area contributed by atoms with Crippen LogP contribution in [-0.4, -0.2) is 17.6 Å². The highest BCUT2D eigenvalue weighted by Crippen LogP contribution is 2.15. The Morgan fingerprint density at radius 1 is 1.25 bits per heavy atom. The number of anilines is 1. The van der Waals surface area contributed by atoms with Crippen molar-refractivity contribution in [1.82, 2.24) is 0 Å². The summed E-state index contributed by atoms with van der Waals surface area (Å²) in [5.41, 5.74) is 0.346. The number of aromatic carboxylic acids is 1. The molecule has 0 radical (unpaired) electrons. The van der Waals surface area contributed by atoms with Gasteiger partial charge in [0.1, 0.15) is 5.82 Å². The number of nitrogens with one attached hydrogen (secondary N) is 1. The SMILES string of the molecule is CC(C)CCCCCCNc1ccc(C(=O)O)c(F)c1. The first kappa shape index (κ1) is 16.5. The third-order valence-electron chi connectivity index (χ3n) is 3.24. The number of unbranched alkanes of at least 4 members (excludes halogenated alkanes) is 3. The van der Waals surface area contributed by atoms with Crippen molar-refractivity contribution < 1.29 is 14.3 Å². The van der Waals surface area contributed by atoms with Crippen LogP contribution in [0.25, 0.3) is 0 Å². The lowest BCUT2D eigenvalue weighted by atomic mass is 10.0. The van der Waals surface area contributed by atoms with Crippen molar-refractivity contribution >= 4 is 11.7 Å². The average molecular weight is 281 g/mol. The predicted octanol–water partition coefficient (Wildman–Crippen LogP) is 4.54. The van der Waals surface area contributed by atoms with E-state index in [4.69, 9.17) is 5.11 Å². The van der Waals surface area contributed by atoms with Crippen LogP contribution in [0.15, 0.2) is 18.2 Å². The molecule has 0 saturated heterocycles. The highest BCUT2D eigenvalue weighted by molar-refractivity contribution is 5.88. The van der Waals surface area contributed by atoms with E-state index in [1.807, 2.05) is 0 Å². The van der Waals surface area contributed by atoms with Crippen LogP contribution in [0.3, 0.4) is 0 Å². The van der Waals surface area contributed by atoms with Crippen LogP contribution >= 0.6 is 0 Å². The van der Waals surface area contributed by atoms with E-state index >= 15 is 0 Å². The zero-order valence-corrected chi connectivity index (χ0v) is 12.3. The van der Waals surface area contributed by atoms with Crippen LogP contribution in [0.2, 0.25) is 0 Å². The van der Waals surface area contributed by atoms with Gasteiger partial charge in [0, 0.05) is 12.2 Å². The minimum atomic E-state index is -1.24. The minimum Gasteiger partial charge on any atom is -0.478 e. The van der Waals surface area contributed by atoms with Crippen molar-refractivity contribution in [2.24, 2.45) is 5.92 Å². The Kier molecular flexibility index (Phi) is 7.05. The zero-order valence-electron chi connectivity index (χ0n) is 12.3. The third-order valence-corrected chi connectivity index (χ3v) is 3.24. The van der Waals surface area contributed by atoms with Crippen molar-refractivity contribution in [2.45, 2.75) is 46.0 Å². The molecule has 0 aliphatic heterocycles. The van der Waals surface area contributed by atoms with Gasteiger partial charge in [-0.15, -0.1) is 0 Å². The van der Waals surface area contributed by atoms with E-state index in [9.17, 15) is 9.18 Å². The molecule has 3 nitrogen and oxygen atoms in total. The van der Waals surface area contributed by atoms with Crippen LogP contribution in [0.1, 0.15) is 56.3 Å². The van der Waals surface area contributed by atoms with Gasteiger partial charge in [-0.25, -0.2) is 9.18 Å². The minimum absolute atomic E-state index is 0.288. The summed E-state index contributed by atoms with van der Waals surface area (Å²) in [6, 6.07) is 4.14. The van der Waals surface area contributed by atoms with Gasteiger partial charge in [-0.05, 0) is 30.5 Å². The second kappa shape index (κ2) is 8.56. The molecule has 0 aromatic heterocycles. The van der Waals surface area contributed by atoms with Crippen molar-refractivity contribution in [1.29, 1.82) is 0 Å². The predicted molar refractivity (Wildman–Crippen MR) is 79.8 cm³/mol. The number of halogens is 1. The van der Waals surface area contributed by atoms with Gasteiger partial charge in [0.25, 0.3) is 0 Å². The number of carboxylic acids is 1. The molecular weight excluding hydrogens is 257 g/mol. The fourth-order valence-corrected chi connectivity index (χ4v) is 2.06. The second-order valence-electron chi connectivity index (χ2n) is 5.52. The molecule has 0 aliphatic rings. The molecule has 0 heterocycles. The number of benzene rings is 1. The number of hydrogen-bond acceptors (Lipinski definition) is 2. The van der Waals surface area contributed by atoms with Gasteiger partial charge in [0.05, 0.1) is 5.56 Å². The van der Waals surface area contributed by atoms with E-state index in [-0.39, 0.29) is 5.56 Å². The summed E-state index contributed by atoms with van der Waals surface area (Å²) in [7, 11) is 0. The largest absolute Gasteiger partial charge is 0.478 e. The molecule has 0 fully saturated rings. The van der Waals surface area contributed by atoms with Gasteiger partial charge in [-0.2, -0.15) is 0 Å². The molecular formula is C16H24FNO2. The Labute approximate surface area is 120 Å². The van der Waals surface area contributed by atoms with Gasteiger partial charge in [-0.3, -0.25) is 0 Å². The highest BCUT2D eigenvalue weighted by atomic mass is 19.1. The smallest absolute Gasteiger partial charge is 0.338 e. The van der Waals surface area contributed by atoms with E-state index in [0.717, 1.165) is 25.3 Å².